The van der Waals surface area contributed by atoms with Crippen molar-refractivity contribution < 1.29 is 0 Å². The van der Waals surface area contributed by atoms with E-state index in [4.69, 9.17) is 0 Å². The van der Waals surface area contributed by atoms with Crippen molar-refractivity contribution in [3.05, 3.63) is 24.2 Å². The van der Waals surface area contributed by atoms with E-state index in [0.717, 1.165) is 42.5 Å². The highest BCUT2D eigenvalue weighted by molar-refractivity contribution is 5.70. The highest BCUT2D eigenvalue weighted by Crippen LogP contribution is 2.19. The van der Waals surface area contributed by atoms with Crippen molar-refractivity contribution in [2.75, 3.05) is 13.1 Å². The molecule has 1 fully saturated rings. The summed E-state index contributed by atoms with van der Waals surface area (Å²) in [6.45, 7) is 5.41. The molecule has 3 rings (SSSR count). The maximum absolute atomic E-state index is 4.56. The summed E-state index contributed by atoms with van der Waals surface area (Å²) >= 11 is 0. The highest BCUT2D eigenvalue weighted by Gasteiger charge is 2.16. The first-order valence-electron chi connectivity index (χ1n) is 6.33. The summed E-state index contributed by atoms with van der Waals surface area (Å²) < 4.78 is 2.27. The minimum Gasteiger partial charge on any atom is -0.317 e. The molecule has 4 nitrogen and oxygen atoms in total. The van der Waals surface area contributed by atoms with Crippen LogP contribution in [0.25, 0.3) is 11.2 Å². The molecule has 2 aromatic rings. The minimum absolute atomic E-state index is 0.759. The molecular weight excluding hydrogens is 212 g/mol. The second-order valence-corrected chi connectivity index (χ2v) is 4.81. The van der Waals surface area contributed by atoms with Crippen LogP contribution in [0.15, 0.2) is 18.3 Å². The zero-order valence-corrected chi connectivity index (χ0v) is 10.2. The molecule has 0 bridgehead atoms. The topological polar surface area (TPSA) is 42.7 Å². The number of nitrogens with zero attached hydrogens (tertiary/aromatic N) is 3. The fraction of sp³-hybridized carbons (Fsp3) is 0.538. The van der Waals surface area contributed by atoms with E-state index < -0.39 is 0 Å². The molecule has 0 aliphatic carbocycles. The van der Waals surface area contributed by atoms with Gasteiger partial charge in [-0.05, 0) is 50.9 Å². The Morgan fingerprint density at radius 1 is 1.41 bits per heavy atom. The van der Waals surface area contributed by atoms with Gasteiger partial charge in [0.1, 0.15) is 11.3 Å². The summed E-state index contributed by atoms with van der Waals surface area (Å²) in [4.78, 5) is 9.02. The van der Waals surface area contributed by atoms with Crippen LogP contribution >= 0.6 is 0 Å². The van der Waals surface area contributed by atoms with Gasteiger partial charge in [-0.1, -0.05) is 0 Å². The molecule has 1 aliphatic rings. The second kappa shape index (κ2) is 4.45. The standard InChI is InChI=1S/C13H18N4/c1-10-16-12-3-2-6-15-13(12)17(10)9-11-4-7-14-8-5-11/h2-3,6,11,14H,4-5,7-9H2,1H3. The van der Waals surface area contributed by atoms with E-state index in [1.165, 1.54) is 12.8 Å². The summed E-state index contributed by atoms with van der Waals surface area (Å²) in [5, 5.41) is 3.41. The number of fused-ring (bicyclic) bond motifs is 1. The number of rotatable bonds is 2. The normalized spacial score (nSPS) is 17.7. The first-order chi connectivity index (χ1) is 8.34. The molecule has 0 spiro atoms. The lowest BCUT2D eigenvalue weighted by Crippen LogP contribution is -2.30. The van der Waals surface area contributed by atoms with E-state index >= 15 is 0 Å². The molecule has 90 valence electrons. The van der Waals surface area contributed by atoms with Crippen molar-refractivity contribution in [3.8, 4) is 0 Å². The van der Waals surface area contributed by atoms with Crippen molar-refractivity contribution >= 4 is 11.2 Å². The van der Waals surface area contributed by atoms with Crippen LogP contribution in [0.4, 0.5) is 0 Å². The average molecular weight is 230 g/mol. The molecule has 2 aromatic heterocycles. The molecule has 0 saturated carbocycles. The molecule has 0 radical (unpaired) electrons. The van der Waals surface area contributed by atoms with Gasteiger partial charge in [0.05, 0.1) is 0 Å². The van der Waals surface area contributed by atoms with Gasteiger partial charge in [0.2, 0.25) is 0 Å². The molecule has 1 N–H and O–H groups in total. The van der Waals surface area contributed by atoms with Gasteiger partial charge in [0, 0.05) is 12.7 Å². The Hall–Kier alpha value is -1.42. The third-order valence-electron chi connectivity index (χ3n) is 3.59. The summed E-state index contributed by atoms with van der Waals surface area (Å²) in [6.07, 6.45) is 4.36. The maximum Gasteiger partial charge on any atom is 0.159 e. The Bertz CT molecular complexity index is 511. The Morgan fingerprint density at radius 2 is 2.24 bits per heavy atom. The van der Waals surface area contributed by atoms with Gasteiger partial charge in [-0.25, -0.2) is 9.97 Å². The fourth-order valence-electron chi connectivity index (χ4n) is 2.61. The number of pyridine rings is 1. The first-order valence-corrected chi connectivity index (χ1v) is 6.33. The van der Waals surface area contributed by atoms with Crippen molar-refractivity contribution in [3.63, 3.8) is 0 Å². The van der Waals surface area contributed by atoms with Crippen LogP contribution in [0.3, 0.4) is 0 Å². The Morgan fingerprint density at radius 3 is 3.06 bits per heavy atom. The van der Waals surface area contributed by atoms with Crippen LogP contribution in [0, 0.1) is 12.8 Å². The van der Waals surface area contributed by atoms with E-state index in [-0.39, 0.29) is 0 Å². The summed E-state index contributed by atoms with van der Waals surface area (Å²) in [5.41, 5.74) is 2.04. The first kappa shape index (κ1) is 10.7. The van der Waals surface area contributed by atoms with E-state index in [9.17, 15) is 0 Å². The number of hydrogen-bond acceptors (Lipinski definition) is 3. The third-order valence-corrected chi connectivity index (χ3v) is 3.59. The maximum atomic E-state index is 4.56. The Kier molecular flexibility index (Phi) is 2.81. The number of aryl methyl sites for hydroxylation is 1. The van der Waals surface area contributed by atoms with Crippen molar-refractivity contribution in [1.29, 1.82) is 0 Å². The lowest BCUT2D eigenvalue weighted by molar-refractivity contribution is 0.333. The quantitative estimate of drug-likeness (QED) is 0.854. The minimum atomic E-state index is 0.759. The van der Waals surface area contributed by atoms with Gasteiger partial charge >= 0.3 is 0 Å². The van der Waals surface area contributed by atoms with Gasteiger partial charge in [-0.15, -0.1) is 0 Å². The Labute approximate surface area is 101 Å². The van der Waals surface area contributed by atoms with Gasteiger partial charge in [-0.2, -0.15) is 0 Å². The summed E-state index contributed by atoms with van der Waals surface area (Å²) in [5.74, 6) is 1.84. The average Bonchev–Trinajstić information content (AvgIpc) is 2.68. The largest absolute Gasteiger partial charge is 0.317 e. The molecule has 0 aromatic carbocycles. The summed E-state index contributed by atoms with van der Waals surface area (Å²) in [7, 11) is 0. The number of piperidine rings is 1. The third kappa shape index (κ3) is 2.05. The van der Waals surface area contributed by atoms with Gasteiger partial charge in [-0.3, -0.25) is 0 Å². The van der Waals surface area contributed by atoms with Crippen molar-refractivity contribution in [1.82, 2.24) is 19.9 Å². The smallest absolute Gasteiger partial charge is 0.159 e. The summed E-state index contributed by atoms with van der Waals surface area (Å²) in [6, 6.07) is 3.98. The SMILES string of the molecule is Cc1nc2cccnc2n1CC1CCNCC1. The molecular formula is C13H18N4. The molecule has 0 atom stereocenters. The zero-order chi connectivity index (χ0) is 11.7. The predicted octanol–water partition coefficient (Wildman–Crippen LogP) is 1.74. The molecule has 17 heavy (non-hydrogen) atoms. The molecule has 4 heteroatoms. The van der Waals surface area contributed by atoms with Crippen LogP contribution in [0.1, 0.15) is 18.7 Å². The van der Waals surface area contributed by atoms with E-state index in [1.54, 1.807) is 0 Å². The number of aromatic nitrogens is 3. The van der Waals surface area contributed by atoms with Gasteiger partial charge in [0.15, 0.2) is 5.65 Å². The lowest BCUT2D eigenvalue weighted by Gasteiger charge is -2.23. The number of imidazole rings is 1. The molecule has 1 saturated heterocycles. The number of hydrogen-bond donors (Lipinski definition) is 1. The molecule has 1 aliphatic heterocycles. The predicted molar refractivity (Wildman–Crippen MR) is 67.9 cm³/mol. The second-order valence-electron chi connectivity index (χ2n) is 4.81. The van der Waals surface area contributed by atoms with Crippen molar-refractivity contribution in [2.45, 2.75) is 26.3 Å². The molecule has 0 unspecified atom stereocenters. The lowest BCUT2D eigenvalue weighted by atomic mass is 9.98. The van der Waals surface area contributed by atoms with E-state index in [0.29, 0.717) is 0 Å². The number of nitrogens with one attached hydrogen (secondary N) is 1. The van der Waals surface area contributed by atoms with Gasteiger partial charge in [0.25, 0.3) is 0 Å². The molecule has 3 heterocycles. The zero-order valence-electron chi connectivity index (χ0n) is 10.2. The monoisotopic (exact) mass is 230 g/mol. The fourth-order valence-corrected chi connectivity index (χ4v) is 2.61. The highest BCUT2D eigenvalue weighted by atomic mass is 15.1. The van der Waals surface area contributed by atoms with Crippen LogP contribution < -0.4 is 5.32 Å². The van der Waals surface area contributed by atoms with Crippen LogP contribution in [0.2, 0.25) is 0 Å². The van der Waals surface area contributed by atoms with Crippen LogP contribution in [-0.2, 0) is 6.54 Å². The van der Waals surface area contributed by atoms with E-state index in [2.05, 4.69) is 26.8 Å². The Balaban J connectivity index is 1.90. The molecule has 0 amide bonds. The van der Waals surface area contributed by atoms with Crippen LogP contribution in [0.5, 0.6) is 0 Å². The van der Waals surface area contributed by atoms with E-state index in [1.807, 2.05) is 18.3 Å². The van der Waals surface area contributed by atoms with Crippen LogP contribution in [-0.4, -0.2) is 27.6 Å². The van der Waals surface area contributed by atoms with Gasteiger partial charge < -0.3 is 9.88 Å². The van der Waals surface area contributed by atoms with Crippen molar-refractivity contribution in [2.24, 2.45) is 5.92 Å².